The second-order valence-corrected chi connectivity index (χ2v) is 4.81. The number of rotatable bonds is 2. The van der Waals surface area contributed by atoms with E-state index >= 15 is 0 Å². The number of amides is 2. The molecular weight excluding hydrogens is 295 g/mol. The SMILES string of the molecule is Cc1cc(Cl)ccc1NC(=O)C(=O)Nc1cccc(F)c1. The summed E-state index contributed by atoms with van der Waals surface area (Å²) in [5, 5.41) is 5.32. The number of nitrogens with one attached hydrogen (secondary N) is 2. The minimum Gasteiger partial charge on any atom is -0.318 e. The lowest BCUT2D eigenvalue weighted by atomic mass is 10.2. The highest BCUT2D eigenvalue weighted by Crippen LogP contribution is 2.19. The quantitative estimate of drug-likeness (QED) is 0.836. The zero-order valence-electron chi connectivity index (χ0n) is 11.1. The van der Waals surface area contributed by atoms with E-state index in [0.717, 1.165) is 11.6 Å². The molecule has 0 unspecified atom stereocenters. The van der Waals surface area contributed by atoms with Crippen LogP contribution in [0.5, 0.6) is 0 Å². The molecule has 0 aliphatic rings. The van der Waals surface area contributed by atoms with Crippen LogP contribution in [-0.2, 0) is 9.59 Å². The van der Waals surface area contributed by atoms with Crippen LogP contribution in [-0.4, -0.2) is 11.8 Å². The Morgan fingerprint density at radius 3 is 2.43 bits per heavy atom. The summed E-state index contributed by atoms with van der Waals surface area (Å²) in [5.74, 6) is -2.22. The first-order valence-electron chi connectivity index (χ1n) is 6.10. The van der Waals surface area contributed by atoms with Gasteiger partial charge in [0.1, 0.15) is 5.82 Å². The van der Waals surface area contributed by atoms with Crippen LogP contribution in [0, 0.1) is 12.7 Å². The average Bonchev–Trinajstić information content (AvgIpc) is 2.41. The molecule has 6 heteroatoms. The number of benzene rings is 2. The van der Waals surface area contributed by atoms with Gasteiger partial charge in [-0.05, 0) is 48.9 Å². The zero-order valence-corrected chi connectivity index (χ0v) is 11.9. The van der Waals surface area contributed by atoms with Crippen molar-refractivity contribution < 1.29 is 14.0 Å². The third-order valence-corrected chi connectivity index (χ3v) is 2.96. The maximum absolute atomic E-state index is 13.0. The van der Waals surface area contributed by atoms with Gasteiger partial charge in [-0.25, -0.2) is 4.39 Å². The van der Waals surface area contributed by atoms with Crippen LogP contribution in [0.2, 0.25) is 5.02 Å². The molecule has 0 heterocycles. The number of hydrogen-bond donors (Lipinski definition) is 2. The van der Waals surface area contributed by atoms with Gasteiger partial charge >= 0.3 is 11.8 Å². The molecule has 0 aliphatic carbocycles. The van der Waals surface area contributed by atoms with E-state index in [2.05, 4.69) is 10.6 Å². The molecule has 2 N–H and O–H groups in total. The number of carbonyl (C=O) groups excluding carboxylic acids is 2. The molecule has 0 aromatic heterocycles. The van der Waals surface area contributed by atoms with E-state index in [-0.39, 0.29) is 5.69 Å². The lowest BCUT2D eigenvalue weighted by molar-refractivity contribution is -0.133. The van der Waals surface area contributed by atoms with Crippen LogP contribution >= 0.6 is 11.6 Å². The van der Waals surface area contributed by atoms with Gasteiger partial charge in [0.25, 0.3) is 0 Å². The first-order valence-corrected chi connectivity index (χ1v) is 6.47. The van der Waals surface area contributed by atoms with Gasteiger partial charge in [0.2, 0.25) is 0 Å². The number of anilines is 2. The Morgan fingerprint density at radius 2 is 1.76 bits per heavy atom. The Morgan fingerprint density at radius 1 is 1.05 bits per heavy atom. The predicted molar refractivity (Wildman–Crippen MR) is 79.8 cm³/mol. The first-order chi connectivity index (χ1) is 9.95. The number of carbonyl (C=O) groups is 2. The Bertz CT molecular complexity index is 704. The maximum Gasteiger partial charge on any atom is 0.314 e. The van der Waals surface area contributed by atoms with Crippen molar-refractivity contribution in [1.29, 1.82) is 0 Å². The fraction of sp³-hybridized carbons (Fsp3) is 0.0667. The Kier molecular flexibility index (Phi) is 4.55. The average molecular weight is 307 g/mol. The zero-order chi connectivity index (χ0) is 15.4. The van der Waals surface area contributed by atoms with Gasteiger partial charge in [0, 0.05) is 16.4 Å². The van der Waals surface area contributed by atoms with Gasteiger partial charge < -0.3 is 10.6 Å². The molecule has 0 spiro atoms. The summed E-state index contributed by atoms with van der Waals surface area (Å²) in [6, 6.07) is 10.2. The highest BCUT2D eigenvalue weighted by molar-refractivity contribution is 6.43. The molecule has 0 radical (unpaired) electrons. The van der Waals surface area contributed by atoms with Crippen molar-refractivity contribution in [2.45, 2.75) is 6.92 Å². The molecule has 2 amide bonds. The second-order valence-electron chi connectivity index (χ2n) is 4.38. The molecule has 0 atom stereocenters. The Hall–Kier alpha value is -2.40. The van der Waals surface area contributed by atoms with Crippen molar-refractivity contribution in [3.8, 4) is 0 Å². The molecule has 4 nitrogen and oxygen atoms in total. The van der Waals surface area contributed by atoms with Crippen molar-refractivity contribution >= 4 is 34.8 Å². The standard InChI is InChI=1S/C15H12ClFN2O2/c1-9-7-10(16)5-6-13(9)19-15(21)14(20)18-12-4-2-3-11(17)8-12/h2-8H,1H3,(H,18,20)(H,19,21). The fourth-order valence-corrected chi connectivity index (χ4v) is 1.93. The molecule has 108 valence electrons. The van der Waals surface area contributed by atoms with Crippen LogP contribution in [0.25, 0.3) is 0 Å². The summed E-state index contributed by atoms with van der Waals surface area (Å²) >= 11 is 5.81. The van der Waals surface area contributed by atoms with Crippen molar-refractivity contribution in [3.05, 3.63) is 58.9 Å². The monoisotopic (exact) mass is 306 g/mol. The van der Waals surface area contributed by atoms with Crippen molar-refractivity contribution in [1.82, 2.24) is 0 Å². The maximum atomic E-state index is 13.0. The van der Waals surface area contributed by atoms with Crippen LogP contribution < -0.4 is 10.6 Å². The second kappa shape index (κ2) is 6.37. The molecule has 21 heavy (non-hydrogen) atoms. The lowest BCUT2D eigenvalue weighted by Gasteiger charge is -2.09. The van der Waals surface area contributed by atoms with Crippen LogP contribution in [0.4, 0.5) is 15.8 Å². The summed E-state index contributed by atoms with van der Waals surface area (Å²) < 4.78 is 13.0. The van der Waals surface area contributed by atoms with Gasteiger partial charge in [-0.2, -0.15) is 0 Å². The van der Waals surface area contributed by atoms with E-state index in [0.29, 0.717) is 10.7 Å². The molecule has 2 rings (SSSR count). The smallest absolute Gasteiger partial charge is 0.314 e. The van der Waals surface area contributed by atoms with Crippen molar-refractivity contribution in [3.63, 3.8) is 0 Å². The molecule has 0 fully saturated rings. The van der Waals surface area contributed by atoms with E-state index < -0.39 is 17.6 Å². The van der Waals surface area contributed by atoms with E-state index in [1.54, 1.807) is 25.1 Å². The summed E-state index contributed by atoms with van der Waals surface area (Å²) in [4.78, 5) is 23.5. The van der Waals surface area contributed by atoms with Crippen LogP contribution in [0.1, 0.15) is 5.56 Å². The van der Waals surface area contributed by atoms with Crippen molar-refractivity contribution in [2.24, 2.45) is 0 Å². The van der Waals surface area contributed by atoms with Crippen molar-refractivity contribution in [2.75, 3.05) is 10.6 Å². The minimum absolute atomic E-state index is 0.211. The van der Waals surface area contributed by atoms with Gasteiger partial charge in [-0.1, -0.05) is 17.7 Å². The molecule has 0 bridgehead atoms. The molecule has 0 saturated heterocycles. The summed E-state index contributed by atoms with van der Waals surface area (Å²) in [7, 11) is 0. The van der Waals surface area contributed by atoms with Gasteiger partial charge in [0.15, 0.2) is 0 Å². The molecule has 2 aromatic rings. The van der Waals surface area contributed by atoms with E-state index in [1.807, 2.05) is 0 Å². The summed E-state index contributed by atoms with van der Waals surface area (Å²) in [5.41, 5.74) is 1.43. The molecule has 0 saturated carbocycles. The van der Waals surface area contributed by atoms with Crippen LogP contribution in [0.3, 0.4) is 0 Å². The third kappa shape index (κ3) is 4.03. The Labute approximate surface area is 125 Å². The Balaban J connectivity index is 2.04. The van der Waals surface area contributed by atoms with Gasteiger partial charge in [-0.3, -0.25) is 9.59 Å². The van der Waals surface area contributed by atoms with Gasteiger partial charge in [-0.15, -0.1) is 0 Å². The largest absolute Gasteiger partial charge is 0.318 e. The van der Waals surface area contributed by atoms with E-state index in [4.69, 9.17) is 11.6 Å². The number of aryl methyl sites for hydroxylation is 1. The molecular formula is C15H12ClFN2O2. The highest BCUT2D eigenvalue weighted by atomic mass is 35.5. The first kappa shape index (κ1) is 15.0. The minimum atomic E-state index is -0.880. The third-order valence-electron chi connectivity index (χ3n) is 2.73. The number of halogens is 2. The fourth-order valence-electron chi connectivity index (χ4n) is 1.70. The lowest BCUT2D eigenvalue weighted by Crippen LogP contribution is -2.29. The van der Waals surface area contributed by atoms with Gasteiger partial charge in [0.05, 0.1) is 0 Å². The summed E-state index contributed by atoms with van der Waals surface area (Å²) in [6.07, 6.45) is 0. The highest BCUT2D eigenvalue weighted by Gasteiger charge is 2.15. The molecule has 0 aliphatic heterocycles. The topological polar surface area (TPSA) is 58.2 Å². The summed E-state index contributed by atoms with van der Waals surface area (Å²) in [6.45, 7) is 1.76. The molecule has 2 aromatic carbocycles. The normalized spacial score (nSPS) is 10.0. The predicted octanol–water partition coefficient (Wildman–Crippen LogP) is 3.36. The number of hydrogen-bond acceptors (Lipinski definition) is 2. The van der Waals surface area contributed by atoms with Crippen LogP contribution in [0.15, 0.2) is 42.5 Å². The van der Waals surface area contributed by atoms with E-state index in [9.17, 15) is 14.0 Å². The van der Waals surface area contributed by atoms with E-state index in [1.165, 1.54) is 18.2 Å².